The number of nitrogens with zero attached hydrogens (tertiary/aromatic N) is 1. The van der Waals surface area contributed by atoms with Crippen molar-refractivity contribution in [3.05, 3.63) is 55.6 Å². The van der Waals surface area contributed by atoms with Gasteiger partial charge in [0.05, 0.1) is 28.6 Å². The fraction of sp³-hybridized carbons (Fsp3) is 0.286. The molecule has 2 aromatic carbocycles. The van der Waals surface area contributed by atoms with Crippen molar-refractivity contribution >= 4 is 56.5 Å². The lowest BCUT2D eigenvalue weighted by Gasteiger charge is -2.14. The van der Waals surface area contributed by atoms with Crippen LogP contribution in [0.15, 0.2) is 46.0 Å². The van der Waals surface area contributed by atoms with Crippen LogP contribution in [-0.2, 0) is 4.79 Å². The summed E-state index contributed by atoms with van der Waals surface area (Å²) >= 11 is 5.49. The van der Waals surface area contributed by atoms with Gasteiger partial charge in [-0.15, -0.1) is 0 Å². The van der Waals surface area contributed by atoms with Crippen LogP contribution >= 0.6 is 38.5 Å². The van der Waals surface area contributed by atoms with E-state index in [4.69, 9.17) is 9.47 Å². The smallest absolute Gasteiger partial charge is 0.262 e. The zero-order chi connectivity index (χ0) is 22.1. The predicted molar refractivity (Wildman–Crippen MR) is 128 cm³/mol. The highest BCUT2D eigenvalue weighted by Gasteiger charge is 2.17. The molecule has 0 saturated carbocycles. The Labute approximate surface area is 197 Å². The van der Waals surface area contributed by atoms with Crippen LogP contribution in [0, 0.1) is 3.57 Å². The Kier molecular flexibility index (Phi) is 9.57. The minimum Gasteiger partial charge on any atom is -0.490 e. The van der Waals surface area contributed by atoms with Gasteiger partial charge in [-0.1, -0.05) is 12.1 Å². The Balaban J connectivity index is 2.01. The normalized spacial score (nSPS) is 11.8. The minimum absolute atomic E-state index is 0.350. The van der Waals surface area contributed by atoms with E-state index in [1.165, 1.54) is 6.21 Å². The topological polar surface area (TPSA) is 89.0 Å². The second kappa shape index (κ2) is 11.9. The van der Waals surface area contributed by atoms with Gasteiger partial charge in [0.25, 0.3) is 11.8 Å². The fourth-order valence-corrected chi connectivity index (χ4v) is 3.71. The lowest BCUT2D eigenvalue weighted by atomic mass is 10.2. The molecule has 1 atom stereocenters. The van der Waals surface area contributed by atoms with Crippen LogP contribution in [0.5, 0.6) is 11.5 Å². The van der Waals surface area contributed by atoms with Gasteiger partial charge in [-0.25, -0.2) is 5.43 Å². The average molecular weight is 588 g/mol. The number of benzene rings is 2. The van der Waals surface area contributed by atoms with Gasteiger partial charge >= 0.3 is 0 Å². The number of amides is 2. The lowest BCUT2D eigenvalue weighted by molar-refractivity contribution is -0.122. The lowest BCUT2D eigenvalue weighted by Crippen LogP contribution is -2.43. The molecule has 0 saturated heterocycles. The maximum atomic E-state index is 12.3. The SMILES string of the molecule is CCOc1cc(C=NNC(=O)C(C)NC(=O)c2ccccc2Br)cc(I)c1OCC. The van der Waals surface area contributed by atoms with Gasteiger partial charge in [-0.2, -0.15) is 5.10 Å². The number of nitrogens with one attached hydrogen (secondary N) is 2. The van der Waals surface area contributed by atoms with Crippen molar-refractivity contribution in [1.29, 1.82) is 0 Å². The summed E-state index contributed by atoms with van der Waals surface area (Å²) in [6.45, 7) is 6.43. The van der Waals surface area contributed by atoms with Gasteiger partial charge in [0.2, 0.25) is 0 Å². The predicted octanol–water partition coefficient (Wildman–Crippen LogP) is 4.12. The molecule has 0 heterocycles. The Morgan fingerprint density at radius 1 is 1.20 bits per heavy atom. The summed E-state index contributed by atoms with van der Waals surface area (Å²) in [4.78, 5) is 24.6. The Hall–Kier alpha value is -2.14. The number of halogens is 2. The zero-order valence-electron chi connectivity index (χ0n) is 16.9. The molecule has 0 aliphatic heterocycles. The summed E-state index contributed by atoms with van der Waals surface area (Å²) in [5.74, 6) is 0.520. The van der Waals surface area contributed by atoms with E-state index in [0.29, 0.717) is 34.7 Å². The molecule has 0 fully saturated rings. The number of carbonyl (C=O) groups excluding carboxylic acids is 2. The molecule has 0 radical (unpaired) electrons. The van der Waals surface area contributed by atoms with Crippen molar-refractivity contribution < 1.29 is 19.1 Å². The molecule has 7 nitrogen and oxygen atoms in total. The summed E-state index contributed by atoms with van der Waals surface area (Å²) in [6.07, 6.45) is 1.51. The van der Waals surface area contributed by atoms with Crippen molar-refractivity contribution in [2.45, 2.75) is 26.8 Å². The summed E-state index contributed by atoms with van der Waals surface area (Å²) in [6, 6.07) is 9.91. The van der Waals surface area contributed by atoms with Gasteiger partial charge in [0.15, 0.2) is 11.5 Å². The van der Waals surface area contributed by atoms with Crippen molar-refractivity contribution in [3.63, 3.8) is 0 Å². The molecule has 0 aliphatic rings. The highest BCUT2D eigenvalue weighted by Crippen LogP contribution is 2.33. The molecule has 0 aliphatic carbocycles. The molecule has 0 bridgehead atoms. The first-order valence-corrected chi connectivity index (χ1v) is 11.2. The number of hydrogen-bond acceptors (Lipinski definition) is 5. The highest BCUT2D eigenvalue weighted by atomic mass is 127. The number of hydrogen-bond donors (Lipinski definition) is 2. The third kappa shape index (κ3) is 6.69. The van der Waals surface area contributed by atoms with Crippen molar-refractivity contribution in [1.82, 2.24) is 10.7 Å². The quantitative estimate of drug-likeness (QED) is 0.262. The van der Waals surface area contributed by atoms with Gasteiger partial charge in [0.1, 0.15) is 6.04 Å². The molecular weight excluding hydrogens is 565 g/mol. The monoisotopic (exact) mass is 587 g/mol. The molecule has 9 heteroatoms. The Morgan fingerprint density at radius 2 is 1.90 bits per heavy atom. The van der Waals surface area contributed by atoms with Crippen LogP contribution in [0.2, 0.25) is 0 Å². The highest BCUT2D eigenvalue weighted by molar-refractivity contribution is 14.1. The molecule has 160 valence electrons. The van der Waals surface area contributed by atoms with Crippen LogP contribution in [0.25, 0.3) is 0 Å². The second-order valence-corrected chi connectivity index (χ2v) is 8.12. The Morgan fingerprint density at radius 3 is 2.57 bits per heavy atom. The van der Waals surface area contributed by atoms with Crippen molar-refractivity contribution in [2.24, 2.45) is 5.10 Å². The number of carbonyl (C=O) groups is 2. The van der Waals surface area contributed by atoms with Crippen LogP contribution in [0.1, 0.15) is 36.7 Å². The molecule has 0 aromatic heterocycles. The number of hydrazone groups is 1. The zero-order valence-corrected chi connectivity index (χ0v) is 20.6. The minimum atomic E-state index is -0.763. The fourth-order valence-electron chi connectivity index (χ4n) is 2.46. The van der Waals surface area contributed by atoms with E-state index in [9.17, 15) is 9.59 Å². The molecule has 1 unspecified atom stereocenters. The van der Waals surface area contributed by atoms with E-state index in [1.807, 2.05) is 26.0 Å². The molecule has 2 N–H and O–H groups in total. The van der Waals surface area contributed by atoms with Crippen LogP contribution in [0.4, 0.5) is 0 Å². The van der Waals surface area contributed by atoms with Gasteiger partial charge in [0, 0.05) is 4.47 Å². The largest absolute Gasteiger partial charge is 0.490 e. The molecule has 0 spiro atoms. The summed E-state index contributed by atoms with van der Waals surface area (Å²) in [5.41, 5.74) is 3.64. The van der Waals surface area contributed by atoms with Crippen LogP contribution < -0.4 is 20.2 Å². The van der Waals surface area contributed by atoms with Gasteiger partial charge < -0.3 is 14.8 Å². The van der Waals surface area contributed by atoms with Crippen LogP contribution in [0.3, 0.4) is 0 Å². The third-order valence-electron chi connectivity index (χ3n) is 3.87. The summed E-state index contributed by atoms with van der Waals surface area (Å²) in [7, 11) is 0. The molecule has 30 heavy (non-hydrogen) atoms. The van der Waals surface area contributed by atoms with E-state index < -0.39 is 11.9 Å². The van der Waals surface area contributed by atoms with Crippen molar-refractivity contribution in [2.75, 3.05) is 13.2 Å². The van der Waals surface area contributed by atoms with Gasteiger partial charge in [-0.3, -0.25) is 9.59 Å². The van der Waals surface area contributed by atoms with Crippen molar-refractivity contribution in [3.8, 4) is 11.5 Å². The van der Waals surface area contributed by atoms with E-state index in [1.54, 1.807) is 31.2 Å². The Bertz CT molecular complexity index is 936. The van der Waals surface area contributed by atoms with E-state index in [0.717, 1.165) is 9.13 Å². The summed E-state index contributed by atoms with van der Waals surface area (Å²) < 4.78 is 12.8. The first kappa shape index (κ1) is 24.1. The van der Waals surface area contributed by atoms with E-state index in [-0.39, 0.29) is 5.91 Å². The molecular formula is C21H23BrIN3O4. The summed E-state index contributed by atoms with van der Waals surface area (Å²) in [5, 5.41) is 6.64. The van der Waals surface area contributed by atoms with Crippen LogP contribution in [-0.4, -0.2) is 37.3 Å². The maximum absolute atomic E-state index is 12.3. The maximum Gasteiger partial charge on any atom is 0.262 e. The number of rotatable bonds is 9. The first-order chi connectivity index (χ1) is 14.4. The van der Waals surface area contributed by atoms with E-state index in [2.05, 4.69) is 54.4 Å². The standard InChI is InChI=1S/C21H23BrIN3O4/c1-4-29-18-11-14(10-17(23)19(18)30-5-2)12-24-26-20(27)13(3)25-21(28)15-8-6-7-9-16(15)22/h6-13H,4-5H2,1-3H3,(H,25,28)(H,26,27). The first-order valence-electron chi connectivity index (χ1n) is 9.34. The molecule has 2 rings (SSSR count). The average Bonchev–Trinajstić information content (AvgIpc) is 2.71. The molecule has 2 amide bonds. The third-order valence-corrected chi connectivity index (χ3v) is 5.36. The second-order valence-electron chi connectivity index (χ2n) is 6.11. The van der Waals surface area contributed by atoms with E-state index >= 15 is 0 Å². The van der Waals surface area contributed by atoms with Gasteiger partial charge in [-0.05, 0) is 89.1 Å². The molecule has 2 aromatic rings. The number of ether oxygens (including phenoxy) is 2.